The van der Waals surface area contributed by atoms with E-state index in [9.17, 15) is 14.4 Å². The van der Waals surface area contributed by atoms with E-state index in [2.05, 4.69) is 21.3 Å². The average molecular weight is 425 g/mol. The second kappa shape index (κ2) is 11.1. The number of anilines is 2. The molecule has 1 aliphatic heterocycles. The van der Waals surface area contributed by atoms with Crippen LogP contribution in [0.4, 0.5) is 16.2 Å². The lowest BCUT2D eigenvalue weighted by Crippen LogP contribution is -2.39. The van der Waals surface area contributed by atoms with Gasteiger partial charge in [0.2, 0.25) is 5.91 Å². The fourth-order valence-corrected chi connectivity index (χ4v) is 3.30. The van der Waals surface area contributed by atoms with E-state index in [1.165, 1.54) is 0 Å². The zero-order valence-corrected chi connectivity index (χ0v) is 17.6. The number of carbonyl (C=O) groups excluding carboxylic acids is 3. The van der Waals surface area contributed by atoms with Gasteiger partial charge in [0.25, 0.3) is 5.91 Å². The van der Waals surface area contributed by atoms with Gasteiger partial charge in [0.1, 0.15) is 6.10 Å². The normalized spacial score (nSPS) is 15.2. The van der Waals surface area contributed by atoms with Gasteiger partial charge < -0.3 is 26.0 Å². The van der Waals surface area contributed by atoms with Crippen LogP contribution in [0.25, 0.3) is 0 Å². The Labute approximate surface area is 181 Å². The van der Waals surface area contributed by atoms with E-state index in [0.29, 0.717) is 30.9 Å². The molecule has 0 aliphatic carbocycles. The van der Waals surface area contributed by atoms with Gasteiger partial charge >= 0.3 is 6.03 Å². The SMILES string of the molecule is CCc1ccccc1NC(=O)Nc1ccc(C(=O)NCCNC(=O)C2CCCO2)cc1. The van der Waals surface area contributed by atoms with Gasteiger partial charge in [-0.1, -0.05) is 25.1 Å². The number of rotatable bonds is 8. The zero-order valence-electron chi connectivity index (χ0n) is 17.6. The van der Waals surface area contributed by atoms with Crippen LogP contribution in [-0.2, 0) is 16.0 Å². The second-order valence-corrected chi connectivity index (χ2v) is 7.22. The van der Waals surface area contributed by atoms with Crippen molar-refractivity contribution in [2.45, 2.75) is 32.3 Å². The predicted octanol–water partition coefficient (Wildman–Crippen LogP) is 2.92. The van der Waals surface area contributed by atoms with E-state index in [0.717, 1.165) is 30.5 Å². The number of hydrogen-bond acceptors (Lipinski definition) is 4. The summed E-state index contributed by atoms with van der Waals surface area (Å²) in [5, 5.41) is 11.1. The molecule has 3 rings (SSSR count). The van der Waals surface area contributed by atoms with Crippen molar-refractivity contribution in [2.24, 2.45) is 0 Å². The fraction of sp³-hybridized carbons (Fsp3) is 0.348. The Kier molecular flexibility index (Phi) is 8.00. The second-order valence-electron chi connectivity index (χ2n) is 7.22. The number of benzene rings is 2. The molecule has 0 radical (unpaired) electrons. The molecular weight excluding hydrogens is 396 g/mol. The van der Waals surface area contributed by atoms with Gasteiger partial charge in [-0.05, 0) is 55.2 Å². The Balaban J connectivity index is 1.42. The molecule has 0 spiro atoms. The van der Waals surface area contributed by atoms with Gasteiger partial charge in [0, 0.05) is 36.6 Å². The van der Waals surface area contributed by atoms with Crippen molar-refractivity contribution in [1.29, 1.82) is 0 Å². The lowest BCUT2D eigenvalue weighted by atomic mass is 10.1. The summed E-state index contributed by atoms with van der Waals surface area (Å²) in [4.78, 5) is 36.3. The van der Waals surface area contributed by atoms with Crippen molar-refractivity contribution < 1.29 is 19.1 Å². The number of aryl methyl sites for hydroxylation is 1. The number of amides is 4. The van der Waals surface area contributed by atoms with E-state index >= 15 is 0 Å². The number of urea groups is 1. The minimum atomic E-state index is -0.372. The van der Waals surface area contributed by atoms with Crippen LogP contribution in [-0.4, -0.2) is 43.6 Å². The molecule has 2 aromatic carbocycles. The molecule has 0 aromatic heterocycles. The smallest absolute Gasteiger partial charge is 0.323 e. The van der Waals surface area contributed by atoms with Crippen LogP contribution in [0.1, 0.15) is 35.7 Å². The number of hydrogen-bond donors (Lipinski definition) is 4. The van der Waals surface area contributed by atoms with E-state index in [4.69, 9.17) is 4.74 Å². The highest BCUT2D eigenvalue weighted by atomic mass is 16.5. The maximum Gasteiger partial charge on any atom is 0.323 e. The van der Waals surface area contributed by atoms with Gasteiger partial charge in [-0.15, -0.1) is 0 Å². The van der Waals surface area contributed by atoms with Crippen LogP contribution in [0, 0.1) is 0 Å². The van der Waals surface area contributed by atoms with Crippen molar-refractivity contribution in [3.05, 3.63) is 59.7 Å². The van der Waals surface area contributed by atoms with Crippen LogP contribution >= 0.6 is 0 Å². The molecule has 31 heavy (non-hydrogen) atoms. The highest BCUT2D eigenvalue weighted by molar-refractivity contribution is 6.01. The molecule has 0 saturated carbocycles. The van der Waals surface area contributed by atoms with E-state index in [1.54, 1.807) is 24.3 Å². The molecule has 8 nitrogen and oxygen atoms in total. The molecule has 2 aromatic rings. The van der Waals surface area contributed by atoms with E-state index in [1.807, 2.05) is 31.2 Å². The fourth-order valence-electron chi connectivity index (χ4n) is 3.30. The first-order valence-electron chi connectivity index (χ1n) is 10.5. The van der Waals surface area contributed by atoms with Gasteiger partial charge in [0.15, 0.2) is 0 Å². The summed E-state index contributed by atoms with van der Waals surface area (Å²) >= 11 is 0. The lowest BCUT2D eigenvalue weighted by molar-refractivity contribution is -0.129. The number of carbonyl (C=O) groups is 3. The maximum absolute atomic E-state index is 12.2. The highest BCUT2D eigenvalue weighted by Crippen LogP contribution is 2.16. The first-order valence-corrected chi connectivity index (χ1v) is 10.5. The van der Waals surface area contributed by atoms with E-state index in [-0.39, 0.29) is 23.9 Å². The van der Waals surface area contributed by atoms with Crippen molar-refractivity contribution >= 4 is 29.2 Å². The van der Waals surface area contributed by atoms with Crippen LogP contribution in [0.5, 0.6) is 0 Å². The van der Waals surface area contributed by atoms with E-state index < -0.39 is 0 Å². The first kappa shape index (κ1) is 22.3. The summed E-state index contributed by atoms with van der Waals surface area (Å²) in [6.07, 6.45) is 2.08. The van der Waals surface area contributed by atoms with Crippen LogP contribution in [0.3, 0.4) is 0 Å². The van der Waals surface area contributed by atoms with Crippen molar-refractivity contribution in [3.8, 4) is 0 Å². The summed E-state index contributed by atoms with van der Waals surface area (Å²) in [7, 11) is 0. The summed E-state index contributed by atoms with van der Waals surface area (Å²) in [5.41, 5.74) is 2.86. The molecule has 4 N–H and O–H groups in total. The summed E-state index contributed by atoms with van der Waals surface area (Å²) in [6.45, 7) is 3.30. The number of ether oxygens (including phenoxy) is 1. The molecule has 4 amide bonds. The third-order valence-electron chi connectivity index (χ3n) is 4.98. The monoisotopic (exact) mass is 424 g/mol. The molecule has 8 heteroatoms. The van der Waals surface area contributed by atoms with Crippen LogP contribution in [0.15, 0.2) is 48.5 Å². The topological polar surface area (TPSA) is 109 Å². The Bertz CT molecular complexity index is 908. The molecule has 1 atom stereocenters. The Morgan fingerprint density at radius 1 is 0.968 bits per heavy atom. The van der Waals surface area contributed by atoms with Gasteiger partial charge in [0.05, 0.1) is 0 Å². The lowest BCUT2D eigenvalue weighted by Gasteiger charge is -2.12. The third-order valence-corrected chi connectivity index (χ3v) is 4.98. The Morgan fingerprint density at radius 3 is 2.42 bits per heavy atom. The number of para-hydroxylation sites is 1. The summed E-state index contributed by atoms with van der Waals surface area (Å²) < 4.78 is 5.31. The van der Waals surface area contributed by atoms with Crippen molar-refractivity contribution in [1.82, 2.24) is 10.6 Å². The predicted molar refractivity (Wildman–Crippen MR) is 119 cm³/mol. The Morgan fingerprint density at radius 2 is 1.71 bits per heavy atom. The molecule has 1 fully saturated rings. The molecule has 164 valence electrons. The molecule has 1 aliphatic rings. The highest BCUT2D eigenvalue weighted by Gasteiger charge is 2.22. The molecular formula is C23H28N4O4. The van der Waals surface area contributed by atoms with Gasteiger partial charge in [-0.25, -0.2) is 4.79 Å². The molecule has 0 bridgehead atoms. The molecule has 1 saturated heterocycles. The zero-order chi connectivity index (χ0) is 22.1. The molecule has 1 unspecified atom stereocenters. The first-order chi connectivity index (χ1) is 15.1. The Hall–Kier alpha value is -3.39. The minimum absolute atomic E-state index is 0.137. The van der Waals surface area contributed by atoms with Crippen LogP contribution in [0.2, 0.25) is 0 Å². The number of nitrogens with one attached hydrogen (secondary N) is 4. The van der Waals surface area contributed by atoms with Gasteiger partial charge in [-0.2, -0.15) is 0 Å². The van der Waals surface area contributed by atoms with Crippen molar-refractivity contribution in [2.75, 3.05) is 30.3 Å². The van der Waals surface area contributed by atoms with Crippen molar-refractivity contribution in [3.63, 3.8) is 0 Å². The van der Waals surface area contributed by atoms with Crippen LogP contribution < -0.4 is 21.3 Å². The maximum atomic E-state index is 12.2. The minimum Gasteiger partial charge on any atom is -0.368 e. The summed E-state index contributed by atoms with van der Waals surface area (Å²) in [6, 6.07) is 13.9. The standard InChI is InChI=1S/C23H28N4O4/c1-2-16-6-3-4-7-19(16)27-23(30)26-18-11-9-17(10-12-18)21(28)24-13-14-25-22(29)20-8-5-15-31-20/h3-4,6-7,9-12,20H,2,5,8,13-15H2,1H3,(H,24,28)(H,25,29)(H2,26,27,30). The summed E-state index contributed by atoms with van der Waals surface area (Å²) in [5.74, 6) is -0.388. The third kappa shape index (κ3) is 6.55. The largest absolute Gasteiger partial charge is 0.368 e. The quantitative estimate of drug-likeness (QED) is 0.489. The van der Waals surface area contributed by atoms with Gasteiger partial charge in [-0.3, -0.25) is 9.59 Å². The molecule has 1 heterocycles. The average Bonchev–Trinajstić information content (AvgIpc) is 3.32.